The number of rotatable bonds is 12. The maximum absolute atomic E-state index is 13.1. The number of benzene rings is 1. The molecule has 30 heavy (non-hydrogen) atoms. The van der Waals surface area contributed by atoms with E-state index in [-0.39, 0.29) is 18.4 Å². The van der Waals surface area contributed by atoms with E-state index in [0.717, 1.165) is 24.1 Å². The van der Waals surface area contributed by atoms with Gasteiger partial charge in [-0.05, 0) is 30.2 Å². The van der Waals surface area contributed by atoms with Crippen molar-refractivity contribution in [1.82, 2.24) is 14.4 Å². The lowest BCUT2D eigenvalue weighted by Crippen LogP contribution is -2.43. The molecule has 0 aliphatic rings. The van der Waals surface area contributed by atoms with E-state index in [4.69, 9.17) is 4.74 Å². The van der Waals surface area contributed by atoms with Crippen molar-refractivity contribution in [2.24, 2.45) is 7.05 Å². The molecular weight excluding hydrogens is 378 g/mol. The second kappa shape index (κ2) is 12.6. The first-order chi connectivity index (χ1) is 14.5. The summed E-state index contributed by atoms with van der Waals surface area (Å²) in [5, 5.41) is 0. The summed E-state index contributed by atoms with van der Waals surface area (Å²) in [6.45, 7) is 4.11. The molecule has 6 heteroatoms. The average molecular weight is 412 g/mol. The zero-order valence-electron chi connectivity index (χ0n) is 18.3. The van der Waals surface area contributed by atoms with Crippen LogP contribution in [0.2, 0.25) is 0 Å². The van der Waals surface area contributed by atoms with Crippen molar-refractivity contribution in [2.75, 3.05) is 33.4 Å². The van der Waals surface area contributed by atoms with Crippen LogP contribution in [0.25, 0.3) is 6.08 Å². The molecule has 162 valence electrons. The summed E-state index contributed by atoms with van der Waals surface area (Å²) in [6.07, 6.45) is 7.11. The highest BCUT2D eigenvalue weighted by Crippen LogP contribution is 2.08. The molecule has 0 saturated heterocycles. The van der Waals surface area contributed by atoms with Gasteiger partial charge >= 0.3 is 0 Å². The van der Waals surface area contributed by atoms with Gasteiger partial charge in [0, 0.05) is 45.2 Å². The van der Waals surface area contributed by atoms with Crippen LogP contribution in [0, 0.1) is 0 Å². The first kappa shape index (κ1) is 23.4. The zero-order valence-corrected chi connectivity index (χ0v) is 18.3. The van der Waals surface area contributed by atoms with Crippen molar-refractivity contribution in [3.63, 3.8) is 0 Å². The Morgan fingerprint density at radius 2 is 1.83 bits per heavy atom. The second-order valence-corrected chi connectivity index (χ2v) is 7.28. The van der Waals surface area contributed by atoms with E-state index in [0.29, 0.717) is 26.2 Å². The van der Waals surface area contributed by atoms with Crippen LogP contribution in [0.1, 0.15) is 31.0 Å². The Morgan fingerprint density at radius 3 is 2.47 bits per heavy atom. The van der Waals surface area contributed by atoms with Gasteiger partial charge in [0.15, 0.2) is 0 Å². The van der Waals surface area contributed by atoms with Crippen molar-refractivity contribution in [2.45, 2.75) is 26.3 Å². The fourth-order valence-electron chi connectivity index (χ4n) is 3.07. The molecule has 0 unspecified atom stereocenters. The Balaban J connectivity index is 2.08. The highest BCUT2D eigenvalue weighted by molar-refractivity contribution is 5.94. The molecular formula is C24H33N3O3. The molecule has 0 radical (unpaired) electrons. The predicted octanol–water partition coefficient (Wildman–Crippen LogP) is 3.34. The Bertz CT molecular complexity index is 814. The standard InChI is InChI=1S/C24H33N3O3/c1-4-5-16-26(23(28)14-13-21-10-7-6-8-11-21)20-24(29)27(17-18-30-3)19-22-12-9-15-25(22)2/h6-15H,4-5,16-20H2,1-3H3. The molecule has 0 aliphatic carbocycles. The van der Waals surface area contributed by atoms with Gasteiger partial charge < -0.3 is 19.1 Å². The molecule has 0 saturated carbocycles. The summed E-state index contributed by atoms with van der Waals surface area (Å²) in [5.41, 5.74) is 1.99. The first-order valence-corrected chi connectivity index (χ1v) is 10.4. The molecule has 1 aromatic carbocycles. The minimum absolute atomic E-state index is 0.0616. The van der Waals surface area contributed by atoms with E-state index in [9.17, 15) is 9.59 Å². The maximum Gasteiger partial charge on any atom is 0.247 e. The van der Waals surface area contributed by atoms with E-state index in [2.05, 4.69) is 6.92 Å². The number of ether oxygens (including phenoxy) is 1. The van der Waals surface area contributed by atoms with Gasteiger partial charge in [-0.3, -0.25) is 9.59 Å². The molecule has 0 N–H and O–H groups in total. The first-order valence-electron chi connectivity index (χ1n) is 10.4. The number of amides is 2. The highest BCUT2D eigenvalue weighted by atomic mass is 16.5. The number of hydrogen-bond acceptors (Lipinski definition) is 3. The van der Waals surface area contributed by atoms with Gasteiger partial charge in [0.2, 0.25) is 11.8 Å². The minimum Gasteiger partial charge on any atom is -0.383 e. The fourth-order valence-corrected chi connectivity index (χ4v) is 3.07. The van der Waals surface area contributed by atoms with E-state index < -0.39 is 0 Å². The summed E-state index contributed by atoms with van der Waals surface area (Å²) in [5.74, 6) is -0.225. The monoisotopic (exact) mass is 411 g/mol. The van der Waals surface area contributed by atoms with Gasteiger partial charge in [-0.25, -0.2) is 0 Å². The van der Waals surface area contributed by atoms with Crippen LogP contribution in [-0.4, -0.2) is 59.5 Å². The Hall–Kier alpha value is -2.86. The molecule has 1 aromatic heterocycles. The van der Waals surface area contributed by atoms with Crippen molar-refractivity contribution in [3.8, 4) is 0 Å². The molecule has 0 aliphatic heterocycles. The number of aryl methyl sites for hydroxylation is 1. The van der Waals surface area contributed by atoms with E-state index in [1.807, 2.05) is 60.3 Å². The Morgan fingerprint density at radius 1 is 1.07 bits per heavy atom. The second-order valence-electron chi connectivity index (χ2n) is 7.28. The summed E-state index contributed by atoms with van der Waals surface area (Å²) >= 11 is 0. The minimum atomic E-state index is -0.147. The van der Waals surface area contributed by atoms with Crippen LogP contribution in [0.15, 0.2) is 54.7 Å². The quantitative estimate of drug-likeness (QED) is 0.504. The molecule has 0 bridgehead atoms. The third-order valence-electron chi connectivity index (χ3n) is 4.96. The number of aromatic nitrogens is 1. The summed E-state index contributed by atoms with van der Waals surface area (Å²) < 4.78 is 7.18. The van der Waals surface area contributed by atoms with E-state index in [1.54, 1.807) is 29.1 Å². The Labute approximate surface area is 179 Å². The summed E-state index contributed by atoms with van der Waals surface area (Å²) in [6, 6.07) is 13.6. The maximum atomic E-state index is 13.1. The smallest absolute Gasteiger partial charge is 0.247 e. The topological polar surface area (TPSA) is 54.8 Å². The molecule has 0 spiro atoms. The normalized spacial score (nSPS) is 11.0. The van der Waals surface area contributed by atoms with Gasteiger partial charge in [0.05, 0.1) is 13.2 Å². The molecule has 6 nitrogen and oxygen atoms in total. The highest BCUT2D eigenvalue weighted by Gasteiger charge is 2.20. The third kappa shape index (κ3) is 7.52. The van der Waals surface area contributed by atoms with Crippen LogP contribution < -0.4 is 0 Å². The van der Waals surface area contributed by atoms with Gasteiger partial charge in [-0.1, -0.05) is 43.7 Å². The average Bonchev–Trinajstić information content (AvgIpc) is 3.17. The number of hydrogen-bond donors (Lipinski definition) is 0. The van der Waals surface area contributed by atoms with Gasteiger partial charge in [-0.15, -0.1) is 0 Å². The largest absolute Gasteiger partial charge is 0.383 e. The van der Waals surface area contributed by atoms with Crippen LogP contribution in [0.3, 0.4) is 0 Å². The van der Waals surface area contributed by atoms with Crippen LogP contribution in [-0.2, 0) is 27.9 Å². The number of carbonyl (C=O) groups is 2. The van der Waals surface area contributed by atoms with Crippen molar-refractivity contribution in [1.29, 1.82) is 0 Å². The van der Waals surface area contributed by atoms with Crippen LogP contribution in [0.4, 0.5) is 0 Å². The molecule has 1 heterocycles. The third-order valence-corrected chi connectivity index (χ3v) is 4.96. The van der Waals surface area contributed by atoms with E-state index >= 15 is 0 Å². The summed E-state index contributed by atoms with van der Waals surface area (Å²) in [7, 11) is 3.58. The number of methoxy groups -OCH3 is 1. The van der Waals surface area contributed by atoms with Gasteiger partial charge in [0.1, 0.15) is 6.54 Å². The van der Waals surface area contributed by atoms with Crippen molar-refractivity contribution >= 4 is 17.9 Å². The lowest BCUT2D eigenvalue weighted by molar-refractivity contribution is -0.139. The lowest BCUT2D eigenvalue weighted by Gasteiger charge is -2.27. The van der Waals surface area contributed by atoms with Crippen LogP contribution in [0.5, 0.6) is 0 Å². The number of carbonyl (C=O) groups excluding carboxylic acids is 2. The molecule has 2 rings (SSSR count). The van der Waals surface area contributed by atoms with E-state index in [1.165, 1.54) is 0 Å². The summed E-state index contributed by atoms with van der Waals surface area (Å²) in [4.78, 5) is 29.3. The zero-order chi connectivity index (χ0) is 21.8. The van der Waals surface area contributed by atoms with Crippen LogP contribution >= 0.6 is 0 Å². The number of nitrogens with zero attached hydrogens (tertiary/aromatic N) is 3. The molecule has 0 fully saturated rings. The number of unbranched alkanes of at least 4 members (excludes halogenated alkanes) is 1. The SMILES string of the molecule is CCCCN(CC(=O)N(CCOC)Cc1cccn1C)C(=O)C=Cc1ccccc1. The Kier molecular flexibility index (Phi) is 9.87. The predicted molar refractivity (Wildman–Crippen MR) is 120 cm³/mol. The van der Waals surface area contributed by atoms with Crippen molar-refractivity contribution < 1.29 is 14.3 Å². The molecule has 2 aromatic rings. The van der Waals surface area contributed by atoms with Gasteiger partial charge in [-0.2, -0.15) is 0 Å². The molecule has 2 amide bonds. The van der Waals surface area contributed by atoms with Gasteiger partial charge in [0.25, 0.3) is 0 Å². The lowest BCUT2D eigenvalue weighted by atomic mass is 10.2. The van der Waals surface area contributed by atoms with Crippen molar-refractivity contribution in [3.05, 3.63) is 66.0 Å². The molecule has 0 atom stereocenters. The fraction of sp³-hybridized carbons (Fsp3) is 0.417.